The van der Waals surface area contributed by atoms with Crippen molar-refractivity contribution in [3.8, 4) is 0 Å². The maximum absolute atomic E-state index is 12.9. The van der Waals surface area contributed by atoms with Gasteiger partial charge in [-0.15, -0.1) is 0 Å². The molecule has 1 N–H and O–H groups in total. The van der Waals surface area contributed by atoms with Gasteiger partial charge in [0.1, 0.15) is 5.82 Å². The predicted octanol–water partition coefficient (Wildman–Crippen LogP) is 3.68. The third-order valence-corrected chi connectivity index (χ3v) is 3.77. The van der Waals surface area contributed by atoms with Gasteiger partial charge in [-0.05, 0) is 49.9 Å². The molecule has 1 unspecified atom stereocenters. The summed E-state index contributed by atoms with van der Waals surface area (Å²) in [6.45, 7) is 3.36. The van der Waals surface area contributed by atoms with Gasteiger partial charge in [0.2, 0.25) is 0 Å². The van der Waals surface area contributed by atoms with Gasteiger partial charge in [-0.1, -0.05) is 31.9 Å². The quantitative estimate of drug-likeness (QED) is 0.839. The fraction of sp³-hybridized carbons (Fsp3) is 0.600. The fourth-order valence-electron chi connectivity index (χ4n) is 2.95. The summed E-state index contributed by atoms with van der Waals surface area (Å²) < 4.78 is 12.9. The van der Waals surface area contributed by atoms with Gasteiger partial charge < -0.3 is 5.32 Å². The van der Waals surface area contributed by atoms with Crippen LogP contribution in [0.4, 0.5) is 4.39 Å². The number of piperidine rings is 1. The summed E-state index contributed by atoms with van der Waals surface area (Å²) in [4.78, 5) is 0. The van der Waals surface area contributed by atoms with Crippen LogP contribution in [0.5, 0.6) is 0 Å². The van der Waals surface area contributed by atoms with Crippen LogP contribution in [0.15, 0.2) is 24.3 Å². The van der Waals surface area contributed by atoms with Crippen LogP contribution in [0.1, 0.15) is 44.6 Å². The van der Waals surface area contributed by atoms with E-state index < -0.39 is 0 Å². The van der Waals surface area contributed by atoms with Crippen LogP contribution in [0.25, 0.3) is 0 Å². The summed E-state index contributed by atoms with van der Waals surface area (Å²) >= 11 is 0. The Hall–Kier alpha value is -0.890. The summed E-state index contributed by atoms with van der Waals surface area (Å²) in [5.74, 6) is -0.144. The summed E-state index contributed by atoms with van der Waals surface area (Å²) in [5.41, 5.74) is 1.50. The highest BCUT2D eigenvalue weighted by atomic mass is 19.1. The van der Waals surface area contributed by atoms with Crippen molar-refractivity contribution < 1.29 is 4.39 Å². The second-order valence-electron chi connectivity index (χ2n) is 5.22. The minimum absolute atomic E-state index is 0.144. The van der Waals surface area contributed by atoms with Gasteiger partial charge in [0.25, 0.3) is 0 Å². The van der Waals surface area contributed by atoms with E-state index in [0.29, 0.717) is 0 Å². The molecule has 1 atom stereocenters. The molecule has 0 amide bonds. The van der Waals surface area contributed by atoms with Crippen molar-refractivity contribution in [1.82, 2.24) is 5.32 Å². The molecule has 0 aromatic heterocycles. The molecule has 2 rings (SSSR count). The molecule has 94 valence electrons. The predicted molar refractivity (Wildman–Crippen MR) is 69.6 cm³/mol. The maximum atomic E-state index is 12.9. The van der Waals surface area contributed by atoms with Gasteiger partial charge >= 0.3 is 0 Å². The van der Waals surface area contributed by atoms with Crippen molar-refractivity contribution in [2.24, 2.45) is 0 Å². The molecule has 1 fully saturated rings. The molecule has 0 bridgehead atoms. The zero-order valence-corrected chi connectivity index (χ0v) is 10.6. The van der Waals surface area contributed by atoms with Crippen LogP contribution in [0.3, 0.4) is 0 Å². The van der Waals surface area contributed by atoms with Crippen LogP contribution >= 0.6 is 0 Å². The Bertz CT molecular complexity index is 333. The SMILES string of the molecule is CCCC1(Cc2ccc(F)cc2)CCCCN1. The van der Waals surface area contributed by atoms with Crippen LogP contribution in [0.2, 0.25) is 0 Å². The second-order valence-corrected chi connectivity index (χ2v) is 5.22. The standard InChI is InChI=1S/C15H22FN/c1-2-9-15(10-3-4-11-17-15)12-13-5-7-14(16)8-6-13/h5-8,17H,2-4,9-12H2,1H3. The van der Waals surface area contributed by atoms with Gasteiger partial charge in [0.15, 0.2) is 0 Å². The lowest BCUT2D eigenvalue weighted by Crippen LogP contribution is -2.50. The summed E-state index contributed by atoms with van der Waals surface area (Å²) in [7, 11) is 0. The van der Waals surface area contributed by atoms with E-state index in [4.69, 9.17) is 0 Å². The van der Waals surface area contributed by atoms with Crippen molar-refractivity contribution in [3.05, 3.63) is 35.6 Å². The van der Waals surface area contributed by atoms with E-state index in [1.165, 1.54) is 37.7 Å². The largest absolute Gasteiger partial charge is 0.311 e. The Labute approximate surface area is 103 Å². The zero-order valence-electron chi connectivity index (χ0n) is 10.6. The Morgan fingerprint density at radius 3 is 2.59 bits per heavy atom. The molecule has 0 spiro atoms. The molecule has 1 aromatic rings. The molecule has 1 aromatic carbocycles. The Morgan fingerprint density at radius 1 is 1.24 bits per heavy atom. The summed E-state index contributed by atoms with van der Waals surface area (Å²) in [5, 5.41) is 3.70. The Kier molecular flexibility index (Phi) is 4.16. The number of benzene rings is 1. The molecule has 2 heteroatoms. The first-order valence-electron chi connectivity index (χ1n) is 6.74. The van der Waals surface area contributed by atoms with Crippen molar-refractivity contribution in [3.63, 3.8) is 0 Å². The minimum Gasteiger partial charge on any atom is -0.311 e. The van der Waals surface area contributed by atoms with E-state index in [1.54, 1.807) is 12.1 Å². The monoisotopic (exact) mass is 235 g/mol. The molecule has 17 heavy (non-hydrogen) atoms. The van der Waals surface area contributed by atoms with Crippen LogP contribution in [-0.2, 0) is 6.42 Å². The summed E-state index contributed by atoms with van der Waals surface area (Å²) in [6, 6.07) is 6.97. The smallest absolute Gasteiger partial charge is 0.123 e. The van der Waals surface area contributed by atoms with Gasteiger partial charge in [-0.3, -0.25) is 0 Å². The van der Waals surface area contributed by atoms with Gasteiger partial charge in [-0.25, -0.2) is 4.39 Å². The second kappa shape index (κ2) is 5.63. The van der Waals surface area contributed by atoms with E-state index >= 15 is 0 Å². The van der Waals surface area contributed by atoms with E-state index in [9.17, 15) is 4.39 Å². The molecule has 0 saturated carbocycles. The molecular weight excluding hydrogens is 213 g/mol. The van der Waals surface area contributed by atoms with E-state index in [2.05, 4.69) is 12.2 Å². The first-order chi connectivity index (χ1) is 8.24. The molecule has 1 nitrogen and oxygen atoms in total. The van der Waals surface area contributed by atoms with E-state index in [1.807, 2.05) is 12.1 Å². The highest BCUT2D eigenvalue weighted by molar-refractivity contribution is 5.19. The van der Waals surface area contributed by atoms with Crippen LogP contribution in [0, 0.1) is 5.82 Å². The molecule has 0 radical (unpaired) electrons. The average Bonchev–Trinajstić information content (AvgIpc) is 2.34. The number of rotatable bonds is 4. The topological polar surface area (TPSA) is 12.0 Å². The first-order valence-corrected chi connectivity index (χ1v) is 6.74. The summed E-state index contributed by atoms with van der Waals surface area (Å²) in [6.07, 6.45) is 7.29. The lowest BCUT2D eigenvalue weighted by atomic mass is 9.80. The number of hydrogen-bond donors (Lipinski definition) is 1. The van der Waals surface area contributed by atoms with Crippen molar-refractivity contribution in [2.75, 3.05) is 6.54 Å². The van der Waals surface area contributed by atoms with Gasteiger partial charge in [-0.2, -0.15) is 0 Å². The molecule has 0 aliphatic carbocycles. The third-order valence-electron chi connectivity index (χ3n) is 3.77. The van der Waals surface area contributed by atoms with Crippen LogP contribution in [-0.4, -0.2) is 12.1 Å². The normalized spacial score (nSPS) is 24.8. The average molecular weight is 235 g/mol. The van der Waals surface area contributed by atoms with Crippen molar-refractivity contribution >= 4 is 0 Å². The van der Waals surface area contributed by atoms with Crippen molar-refractivity contribution in [1.29, 1.82) is 0 Å². The Balaban J connectivity index is 2.08. The maximum Gasteiger partial charge on any atom is 0.123 e. The fourth-order valence-corrected chi connectivity index (χ4v) is 2.95. The molecule has 1 aliphatic rings. The molecule has 1 saturated heterocycles. The Morgan fingerprint density at radius 2 is 2.00 bits per heavy atom. The van der Waals surface area contributed by atoms with Gasteiger partial charge in [0, 0.05) is 5.54 Å². The van der Waals surface area contributed by atoms with Gasteiger partial charge in [0.05, 0.1) is 0 Å². The molecule has 1 heterocycles. The molecule has 1 aliphatic heterocycles. The third kappa shape index (κ3) is 3.29. The van der Waals surface area contributed by atoms with Crippen molar-refractivity contribution in [2.45, 2.75) is 51.0 Å². The number of halogens is 1. The van der Waals surface area contributed by atoms with Crippen LogP contribution < -0.4 is 5.32 Å². The highest BCUT2D eigenvalue weighted by Gasteiger charge is 2.30. The van der Waals surface area contributed by atoms with E-state index in [0.717, 1.165) is 13.0 Å². The lowest BCUT2D eigenvalue weighted by Gasteiger charge is -2.39. The first kappa shape index (κ1) is 12.6. The molecular formula is C15H22FN. The number of hydrogen-bond acceptors (Lipinski definition) is 1. The lowest BCUT2D eigenvalue weighted by molar-refractivity contribution is 0.233. The highest BCUT2D eigenvalue weighted by Crippen LogP contribution is 2.28. The van der Waals surface area contributed by atoms with E-state index in [-0.39, 0.29) is 11.4 Å². The zero-order chi connectivity index (χ0) is 12.1. The number of nitrogens with one attached hydrogen (secondary N) is 1. The minimum atomic E-state index is -0.144.